The molecule has 1 aromatic heterocycles. The van der Waals surface area contributed by atoms with Crippen LogP contribution in [0.25, 0.3) is 11.9 Å². The van der Waals surface area contributed by atoms with Crippen LogP contribution in [0.1, 0.15) is 25.3 Å². The molecule has 0 unspecified atom stereocenters. The number of hydrogen-bond donors (Lipinski definition) is 1. The minimum Gasteiger partial charge on any atom is -0.276 e. The van der Waals surface area contributed by atoms with Crippen LogP contribution in [0.4, 0.5) is 0 Å². The SMILES string of the molecule is CCCCONC(=Cn1cncn1)c1ccc(Cl)cc1Cl. The third-order valence-electron chi connectivity index (χ3n) is 2.70. The van der Waals surface area contributed by atoms with E-state index in [1.807, 2.05) is 6.07 Å². The Labute approximate surface area is 133 Å². The lowest BCUT2D eigenvalue weighted by atomic mass is 10.2. The zero-order chi connectivity index (χ0) is 15.1. The maximum atomic E-state index is 6.24. The Morgan fingerprint density at radius 3 is 2.95 bits per heavy atom. The highest BCUT2D eigenvalue weighted by Crippen LogP contribution is 2.26. The lowest BCUT2D eigenvalue weighted by molar-refractivity contribution is 0.0764. The van der Waals surface area contributed by atoms with E-state index in [1.165, 1.54) is 6.33 Å². The van der Waals surface area contributed by atoms with Gasteiger partial charge >= 0.3 is 0 Å². The Kier molecular flexibility index (Phi) is 6.04. The second kappa shape index (κ2) is 8.02. The van der Waals surface area contributed by atoms with Gasteiger partial charge in [-0.15, -0.1) is 0 Å². The smallest absolute Gasteiger partial charge is 0.138 e. The number of aromatic nitrogens is 3. The molecule has 0 bridgehead atoms. The minimum atomic E-state index is 0.528. The monoisotopic (exact) mass is 326 g/mol. The van der Waals surface area contributed by atoms with Crippen molar-refractivity contribution in [3.63, 3.8) is 0 Å². The molecule has 0 aliphatic carbocycles. The van der Waals surface area contributed by atoms with Crippen molar-refractivity contribution in [2.75, 3.05) is 6.61 Å². The molecule has 0 saturated carbocycles. The van der Waals surface area contributed by atoms with Crippen LogP contribution in [0.5, 0.6) is 0 Å². The van der Waals surface area contributed by atoms with Crippen molar-refractivity contribution in [2.24, 2.45) is 0 Å². The number of hydrogen-bond acceptors (Lipinski definition) is 4. The Bertz CT molecular complexity index is 599. The van der Waals surface area contributed by atoms with Crippen molar-refractivity contribution in [1.82, 2.24) is 20.2 Å². The topological polar surface area (TPSA) is 52.0 Å². The molecule has 0 atom stereocenters. The van der Waals surface area contributed by atoms with Crippen molar-refractivity contribution in [3.05, 3.63) is 46.5 Å². The molecule has 0 spiro atoms. The third kappa shape index (κ3) is 4.74. The summed E-state index contributed by atoms with van der Waals surface area (Å²) in [5, 5.41) is 5.15. The summed E-state index contributed by atoms with van der Waals surface area (Å²) in [6.07, 6.45) is 6.81. The molecule has 1 heterocycles. The van der Waals surface area contributed by atoms with Gasteiger partial charge in [0, 0.05) is 10.6 Å². The van der Waals surface area contributed by atoms with Crippen molar-refractivity contribution in [3.8, 4) is 0 Å². The van der Waals surface area contributed by atoms with Crippen molar-refractivity contribution >= 4 is 35.1 Å². The van der Waals surface area contributed by atoms with Crippen LogP contribution in [0.15, 0.2) is 30.9 Å². The first kappa shape index (κ1) is 15.8. The number of benzene rings is 1. The molecular weight excluding hydrogens is 311 g/mol. The number of unbranched alkanes of at least 4 members (excludes halogenated alkanes) is 1. The van der Waals surface area contributed by atoms with Gasteiger partial charge in [-0.2, -0.15) is 5.10 Å². The van der Waals surface area contributed by atoms with Gasteiger partial charge < -0.3 is 0 Å². The van der Waals surface area contributed by atoms with E-state index in [2.05, 4.69) is 22.5 Å². The Balaban J connectivity index is 2.22. The average Bonchev–Trinajstić information content (AvgIpc) is 2.95. The molecule has 0 amide bonds. The summed E-state index contributed by atoms with van der Waals surface area (Å²) in [5.74, 6) is 0. The summed E-state index contributed by atoms with van der Waals surface area (Å²) >= 11 is 12.2. The van der Waals surface area contributed by atoms with Crippen LogP contribution in [0, 0.1) is 0 Å². The third-order valence-corrected chi connectivity index (χ3v) is 3.25. The number of rotatable bonds is 7. The van der Waals surface area contributed by atoms with Crippen LogP contribution in [-0.2, 0) is 4.84 Å². The summed E-state index contributed by atoms with van der Waals surface area (Å²) in [7, 11) is 0. The molecule has 2 rings (SSSR count). The van der Waals surface area contributed by atoms with Gasteiger partial charge in [-0.1, -0.05) is 36.5 Å². The number of nitrogens with zero attached hydrogens (tertiary/aromatic N) is 3. The molecule has 112 valence electrons. The Morgan fingerprint density at radius 2 is 2.29 bits per heavy atom. The van der Waals surface area contributed by atoms with E-state index in [1.54, 1.807) is 29.3 Å². The number of nitrogens with one attached hydrogen (secondary N) is 1. The van der Waals surface area contributed by atoms with Gasteiger partial charge in [0.25, 0.3) is 0 Å². The largest absolute Gasteiger partial charge is 0.276 e. The van der Waals surface area contributed by atoms with Crippen LogP contribution < -0.4 is 5.48 Å². The second-order valence-electron chi connectivity index (χ2n) is 4.35. The molecule has 0 radical (unpaired) electrons. The predicted molar refractivity (Wildman–Crippen MR) is 84.6 cm³/mol. The lowest BCUT2D eigenvalue weighted by Crippen LogP contribution is -2.15. The fourth-order valence-electron chi connectivity index (χ4n) is 1.62. The standard InChI is InChI=1S/C14H16Cl2N4O/c1-2-3-6-21-19-14(8-20-10-17-9-18-20)12-5-4-11(15)7-13(12)16/h4-5,7-10,19H,2-3,6H2,1H3. The molecule has 0 aliphatic rings. The molecule has 7 heteroatoms. The maximum absolute atomic E-state index is 6.24. The molecule has 0 saturated heterocycles. The van der Waals surface area contributed by atoms with Crippen LogP contribution >= 0.6 is 23.2 Å². The number of halogens is 2. The minimum absolute atomic E-state index is 0.528. The van der Waals surface area contributed by atoms with Crippen LogP contribution in [0.3, 0.4) is 0 Å². The quantitative estimate of drug-likeness (QED) is 0.620. The van der Waals surface area contributed by atoms with Crippen LogP contribution in [-0.4, -0.2) is 21.4 Å². The van der Waals surface area contributed by atoms with Gasteiger partial charge in [0.1, 0.15) is 12.7 Å². The van der Waals surface area contributed by atoms with Gasteiger partial charge in [0.05, 0.1) is 23.5 Å². The van der Waals surface area contributed by atoms with Gasteiger partial charge in [-0.25, -0.2) is 9.67 Å². The summed E-state index contributed by atoms with van der Waals surface area (Å²) in [5.41, 5.74) is 4.36. The summed E-state index contributed by atoms with van der Waals surface area (Å²) < 4.78 is 1.57. The maximum Gasteiger partial charge on any atom is 0.138 e. The summed E-state index contributed by atoms with van der Waals surface area (Å²) in [4.78, 5) is 9.35. The number of hydroxylamine groups is 1. The lowest BCUT2D eigenvalue weighted by Gasteiger charge is -2.13. The fraction of sp³-hybridized carbons (Fsp3) is 0.286. The molecule has 1 aromatic carbocycles. The molecular formula is C14H16Cl2N4O. The van der Waals surface area contributed by atoms with Gasteiger partial charge in [-0.05, 0) is 24.6 Å². The van der Waals surface area contributed by atoms with Crippen molar-refractivity contribution in [2.45, 2.75) is 19.8 Å². The zero-order valence-corrected chi connectivity index (χ0v) is 13.1. The normalized spacial score (nSPS) is 11.7. The first-order chi connectivity index (χ1) is 10.2. The summed E-state index contributed by atoms with van der Waals surface area (Å²) in [6.45, 7) is 2.71. The molecule has 0 aliphatic heterocycles. The van der Waals surface area contributed by atoms with Crippen LogP contribution in [0.2, 0.25) is 10.0 Å². The highest BCUT2D eigenvalue weighted by atomic mass is 35.5. The Morgan fingerprint density at radius 1 is 1.43 bits per heavy atom. The van der Waals surface area contributed by atoms with Gasteiger partial charge in [0.2, 0.25) is 0 Å². The first-order valence-electron chi connectivity index (χ1n) is 6.60. The van der Waals surface area contributed by atoms with E-state index in [0.29, 0.717) is 22.3 Å². The van der Waals surface area contributed by atoms with E-state index in [0.717, 1.165) is 18.4 Å². The van der Waals surface area contributed by atoms with E-state index < -0.39 is 0 Å². The van der Waals surface area contributed by atoms with E-state index >= 15 is 0 Å². The fourth-order valence-corrected chi connectivity index (χ4v) is 2.13. The molecule has 5 nitrogen and oxygen atoms in total. The van der Waals surface area contributed by atoms with Gasteiger partial charge in [0.15, 0.2) is 0 Å². The first-order valence-corrected chi connectivity index (χ1v) is 7.35. The average molecular weight is 327 g/mol. The molecule has 2 aromatic rings. The second-order valence-corrected chi connectivity index (χ2v) is 5.19. The Hall–Kier alpha value is -1.56. The highest BCUT2D eigenvalue weighted by molar-refractivity contribution is 6.35. The van der Waals surface area contributed by atoms with Gasteiger partial charge in [-0.3, -0.25) is 10.3 Å². The predicted octanol–water partition coefficient (Wildman–Crippen LogP) is 3.86. The van der Waals surface area contributed by atoms with E-state index in [-0.39, 0.29) is 0 Å². The molecule has 0 fully saturated rings. The molecule has 21 heavy (non-hydrogen) atoms. The molecule has 1 N–H and O–H groups in total. The van der Waals surface area contributed by atoms with Crippen molar-refractivity contribution < 1.29 is 4.84 Å². The zero-order valence-electron chi connectivity index (χ0n) is 11.6. The van der Waals surface area contributed by atoms with E-state index in [4.69, 9.17) is 28.0 Å². The summed E-state index contributed by atoms with van der Waals surface area (Å²) in [6, 6.07) is 5.27. The van der Waals surface area contributed by atoms with E-state index in [9.17, 15) is 0 Å². The van der Waals surface area contributed by atoms with Crippen molar-refractivity contribution in [1.29, 1.82) is 0 Å². The highest BCUT2D eigenvalue weighted by Gasteiger charge is 2.08.